The van der Waals surface area contributed by atoms with Gasteiger partial charge in [-0.15, -0.1) is 0 Å². The van der Waals surface area contributed by atoms with Crippen molar-refractivity contribution in [3.8, 4) is 5.75 Å². The third kappa shape index (κ3) is 4.36. The molecule has 0 fully saturated rings. The maximum atomic E-state index is 12.0. The molecule has 20 heavy (non-hydrogen) atoms. The van der Waals surface area contributed by atoms with Crippen molar-refractivity contribution in [2.45, 2.75) is 38.5 Å². The van der Waals surface area contributed by atoms with E-state index in [1.54, 1.807) is 39.0 Å². The number of nitrogens with two attached hydrogens (primary N) is 1. The van der Waals surface area contributed by atoms with Crippen LogP contribution in [0.3, 0.4) is 0 Å². The first-order valence-corrected chi connectivity index (χ1v) is 8.48. The Labute approximate surface area is 126 Å². The van der Waals surface area contributed by atoms with Gasteiger partial charge in [0.05, 0.1) is 10.5 Å². The third-order valence-corrected chi connectivity index (χ3v) is 5.81. The van der Waals surface area contributed by atoms with E-state index in [4.69, 9.17) is 22.1 Å². The van der Waals surface area contributed by atoms with Crippen molar-refractivity contribution in [1.82, 2.24) is 0 Å². The molecule has 0 saturated heterocycles. The van der Waals surface area contributed by atoms with Gasteiger partial charge in [0.2, 0.25) is 0 Å². The van der Waals surface area contributed by atoms with E-state index >= 15 is 0 Å². The first kappa shape index (κ1) is 17.3. The molecule has 0 spiro atoms. The van der Waals surface area contributed by atoms with Gasteiger partial charge in [-0.25, -0.2) is 8.42 Å². The van der Waals surface area contributed by atoms with Gasteiger partial charge in [-0.2, -0.15) is 0 Å². The predicted octanol–water partition coefficient (Wildman–Crippen LogP) is 2.95. The minimum absolute atomic E-state index is 0.0302. The minimum Gasteiger partial charge on any atom is -0.492 e. The normalized spacial score (nSPS) is 14.1. The van der Waals surface area contributed by atoms with E-state index in [0.29, 0.717) is 10.8 Å². The van der Waals surface area contributed by atoms with Crippen LogP contribution < -0.4 is 10.5 Å². The summed E-state index contributed by atoms with van der Waals surface area (Å²) >= 11 is 5.92. The Morgan fingerprint density at radius 3 is 2.45 bits per heavy atom. The second kappa shape index (κ2) is 6.33. The van der Waals surface area contributed by atoms with Crippen LogP contribution in [0.4, 0.5) is 0 Å². The molecule has 4 nitrogen and oxygen atoms in total. The zero-order chi connectivity index (χ0) is 15.6. The quantitative estimate of drug-likeness (QED) is 0.906. The fraction of sp³-hybridized carbons (Fsp3) is 0.571. The number of benzene rings is 1. The van der Waals surface area contributed by atoms with E-state index < -0.39 is 14.6 Å². The van der Waals surface area contributed by atoms with Crippen molar-refractivity contribution in [2.24, 2.45) is 5.73 Å². The highest BCUT2D eigenvalue weighted by atomic mass is 35.5. The van der Waals surface area contributed by atoms with Crippen LogP contribution in [0.5, 0.6) is 5.75 Å². The van der Waals surface area contributed by atoms with Crippen molar-refractivity contribution in [1.29, 1.82) is 0 Å². The molecule has 1 rings (SSSR count). The van der Waals surface area contributed by atoms with Gasteiger partial charge in [0, 0.05) is 16.6 Å². The SMILES string of the molecule is C[C@@H](N)c1cc(Cl)ccc1OCCS(=O)(=O)C(C)(C)C. The van der Waals surface area contributed by atoms with Crippen LogP contribution in [0.25, 0.3) is 0 Å². The Morgan fingerprint density at radius 2 is 1.95 bits per heavy atom. The lowest BCUT2D eigenvalue weighted by Crippen LogP contribution is -2.32. The first-order chi connectivity index (χ1) is 9.04. The average molecular weight is 320 g/mol. The predicted molar refractivity (Wildman–Crippen MR) is 83.1 cm³/mol. The second-order valence-corrected chi connectivity index (χ2v) is 9.05. The summed E-state index contributed by atoms with van der Waals surface area (Å²) in [4.78, 5) is 0. The van der Waals surface area contributed by atoms with Crippen LogP contribution >= 0.6 is 11.6 Å². The number of hydrogen-bond acceptors (Lipinski definition) is 4. The summed E-state index contributed by atoms with van der Waals surface area (Å²) in [5, 5.41) is 0.576. The molecule has 0 radical (unpaired) electrons. The molecular formula is C14H22ClNO3S. The van der Waals surface area contributed by atoms with Crippen molar-refractivity contribution in [3.05, 3.63) is 28.8 Å². The van der Waals surface area contributed by atoms with Gasteiger partial charge < -0.3 is 10.5 Å². The summed E-state index contributed by atoms with van der Waals surface area (Å²) in [5.74, 6) is 0.547. The molecule has 0 aliphatic heterocycles. The molecule has 1 atom stereocenters. The zero-order valence-corrected chi connectivity index (χ0v) is 13.9. The maximum absolute atomic E-state index is 12.0. The lowest BCUT2D eigenvalue weighted by atomic mass is 10.1. The van der Waals surface area contributed by atoms with Gasteiger partial charge in [-0.1, -0.05) is 11.6 Å². The van der Waals surface area contributed by atoms with E-state index in [1.165, 1.54) is 0 Å². The fourth-order valence-electron chi connectivity index (χ4n) is 1.57. The fourth-order valence-corrected chi connectivity index (χ4v) is 2.67. The largest absolute Gasteiger partial charge is 0.492 e. The number of ether oxygens (including phenoxy) is 1. The van der Waals surface area contributed by atoms with Gasteiger partial charge in [0.1, 0.15) is 12.4 Å². The van der Waals surface area contributed by atoms with Crippen LogP contribution in [-0.4, -0.2) is 25.5 Å². The van der Waals surface area contributed by atoms with Crippen molar-refractivity contribution < 1.29 is 13.2 Å². The standard InChI is InChI=1S/C14H22ClNO3S/c1-10(16)12-9-11(15)5-6-13(12)19-7-8-20(17,18)14(2,3)4/h5-6,9-10H,7-8,16H2,1-4H3/t10-/m1/s1. The number of hydrogen-bond donors (Lipinski definition) is 1. The lowest BCUT2D eigenvalue weighted by Gasteiger charge is -2.20. The average Bonchev–Trinajstić information content (AvgIpc) is 2.29. The molecule has 6 heteroatoms. The molecule has 1 aromatic rings. The molecule has 0 saturated carbocycles. The second-order valence-electron chi connectivity index (χ2n) is 5.75. The summed E-state index contributed by atoms with van der Waals surface area (Å²) in [6.45, 7) is 6.96. The summed E-state index contributed by atoms with van der Waals surface area (Å²) in [7, 11) is -3.19. The zero-order valence-electron chi connectivity index (χ0n) is 12.3. The van der Waals surface area contributed by atoms with Crippen LogP contribution in [-0.2, 0) is 9.84 Å². The smallest absolute Gasteiger partial charge is 0.158 e. The highest BCUT2D eigenvalue weighted by Crippen LogP contribution is 2.27. The van der Waals surface area contributed by atoms with E-state index in [1.807, 2.05) is 6.92 Å². The summed E-state index contributed by atoms with van der Waals surface area (Å²) in [6, 6.07) is 4.91. The van der Waals surface area contributed by atoms with Crippen LogP contribution in [0, 0.1) is 0 Å². The molecule has 0 unspecified atom stereocenters. The topological polar surface area (TPSA) is 69.4 Å². The van der Waals surface area contributed by atoms with Crippen molar-refractivity contribution >= 4 is 21.4 Å². The van der Waals surface area contributed by atoms with Crippen molar-refractivity contribution in [3.63, 3.8) is 0 Å². The Balaban J connectivity index is 2.77. The maximum Gasteiger partial charge on any atom is 0.158 e. The monoisotopic (exact) mass is 319 g/mol. The van der Waals surface area contributed by atoms with Crippen molar-refractivity contribution in [2.75, 3.05) is 12.4 Å². The highest BCUT2D eigenvalue weighted by molar-refractivity contribution is 7.92. The van der Waals surface area contributed by atoms with E-state index in [-0.39, 0.29) is 18.4 Å². The minimum atomic E-state index is -3.19. The molecule has 0 bridgehead atoms. The Hall–Kier alpha value is -0.780. The van der Waals surface area contributed by atoms with Gasteiger partial charge in [-0.05, 0) is 45.9 Å². The molecule has 0 aromatic heterocycles. The molecule has 2 N–H and O–H groups in total. The molecule has 0 aliphatic carbocycles. The van der Waals surface area contributed by atoms with Gasteiger partial charge in [-0.3, -0.25) is 0 Å². The molecule has 114 valence electrons. The van der Waals surface area contributed by atoms with E-state index in [9.17, 15) is 8.42 Å². The Morgan fingerprint density at radius 1 is 1.35 bits per heavy atom. The molecule has 0 amide bonds. The van der Waals surface area contributed by atoms with E-state index in [0.717, 1.165) is 5.56 Å². The summed E-state index contributed by atoms with van der Waals surface area (Å²) in [6.07, 6.45) is 0. The van der Waals surface area contributed by atoms with Gasteiger partial charge >= 0.3 is 0 Å². The third-order valence-electron chi connectivity index (χ3n) is 3.01. The van der Waals surface area contributed by atoms with Crippen LogP contribution in [0.15, 0.2) is 18.2 Å². The number of rotatable bonds is 5. The van der Waals surface area contributed by atoms with E-state index in [2.05, 4.69) is 0 Å². The number of halogens is 1. The van der Waals surface area contributed by atoms with Crippen LogP contribution in [0.1, 0.15) is 39.3 Å². The highest BCUT2D eigenvalue weighted by Gasteiger charge is 2.28. The number of sulfone groups is 1. The Bertz CT molecular complexity index is 562. The van der Waals surface area contributed by atoms with Gasteiger partial charge in [0.25, 0.3) is 0 Å². The first-order valence-electron chi connectivity index (χ1n) is 6.45. The molecule has 0 heterocycles. The summed E-state index contributed by atoms with van der Waals surface area (Å²) in [5.41, 5.74) is 6.62. The Kier molecular flexibility index (Phi) is 5.46. The molecule has 1 aromatic carbocycles. The molecular weight excluding hydrogens is 298 g/mol. The van der Waals surface area contributed by atoms with Gasteiger partial charge in [0.15, 0.2) is 9.84 Å². The summed E-state index contributed by atoms with van der Waals surface area (Å²) < 4.78 is 28.8. The van der Waals surface area contributed by atoms with Crippen LogP contribution in [0.2, 0.25) is 5.02 Å². The molecule has 0 aliphatic rings. The lowest BCUT2D eigenvalue weighted by molar-refractivity contribution is 0.334.